The second-order valence-corrected chi connectivity index (χ2v) is 8.69. The lowest BCUT2D eigenvalue weighted by atomic mass is 9.98. The molecule has 2 unspecified atom stereocenters. The Morgan fingerprint density at radius 3 is 2.26 bits per heavy atom. The summed E-state index contributed by atoms with van der Waals surface area (Å²) in [4.78, 5) is 37.2. The third kappa shape index (κ3) is 4.89. The number of anilines is 1. The summed E-state index contributed by atoms with van der Waals surface area (Å²) in [6.45, 7) is 3.84. The number of hydrogen-bond acceptors (Lipinski definition) is 5. The van der Waals surface area contributed by atoms with Crippen molar-refractivity contribution >= 4 is 23.8 Å². The van der Waals surface area contributed by atoms with Gasteiger partial charge in [0.2, 0.25) is 5.91 Å². The zero-order valence-electron chi connectivity index (χ0n) is 19.8. The predicted molar refractivity (Wildman–Crippen MR) is 130 cm³/mol. The fraction of sp³-hybridized carbons (Fsp3) is 0.308. The fourth-order valence-corrected chi connectivity index (χ4v) is 4.40. The van der Waals surface area contributed by atoms with Crippen molar-refractivity contribution in [3.05, 3.63) is 71.4 Å². The molecule has 182 valence electrons. The first-order valence-corrected chi connectivity index (χ1v) is 11.5. The molecule has 1 aromatic heterocycles. The fourth-order valence-electron chi connectivity index (χ4n) is 4.40. The summed E-state index contributed by atoms with van der Waals surface area (Å²) in [7, 11) is 1.56. The Balaban J connectivity index is 1.45. The quantitative estimate of drug-likeness (QED) is 0.452. The van der Waals surface area contributed by atoms with Crippen molar-refractivity contribution in [2.45, 2.75) is 32.2 Å². The van der Waals surface area contributed by atoms with Crippen molar-refractivity contribution in [2.24, 2.45) is 13.0 Å². The van der Waals surface area contributed by atoms with Gasteiger partial charge in [-0.2, -0.15) is 5.10 Å². The number of nitrogens with zero attached hydrogens (tertiary/aromatic N) is 2. The van der Waals surface area contributed by atoms with Crippen molar-refractivity contribution in [3.8, 4) is 11.1 Å². The number of nitrogens with one attached hydrogen (secondary N) is 2. The zero-order chi connectivity index (χ0) is 25.1. The molecule has 1 aliphatic rings. The monoisotopic (exact) mass is 476 g/mol. The van der Waals surface area contributed by atoms with E-state index < -0.39 is 24.0 Å². The first-order valence-electron chi connectivity index (χ1n) is 11.5. The van der Waals surface area contributed by atoms with Crippen LogP contribution in [0.3, 0.4) is 0 Å². The lowest BCUT2D eigenvalue weighted by molar-refractivity contribution is -0.119. The Bertz CT molecular complexity index is 1220. The van der Waals surface area contributed by atoms with Crippen molar-refractivity contribution in [1.29, 1.82) is 0 Å². The molecule has 0 radical (unpaired) electrons. The van der Waals surface area contributed by atoms with Crippen LogP contribution in [0, 0.1) is 5.92 Å². The lowest BCUT2D eigenvalue weighted by Gasteiger charge is -2.23. The number of alkyl carbamates (subject to hydrolysis) is 1. The van der Waals surface area contributed by atoms with E-state index in [2.05, 4.69) is 27.9 Å². The van der Waals surface area contributed by atoms with Crippen molar-refractivity contribution < 1.29 is 24.2 Å². The third-order valence-electron chi connectivity index (χ3n) is 6.41. The normalized spacial score (nSPS) is 13.9. The molecule has 0 aliphatic heterocycles. The van der Waals surface area contributed by atoms with Crippen LogP contribution in [0.4, 0.5) is 10.6 Å². The molecule has 9 heteroatoms. The summed E-state index contributed by atoms with van der Waals surface area (Å²) in [6, 6.07) is 15.1. The van der Waals surface area contributed by atoms with Gasteiger partial charge >= 0.3 is 12.1 Å². The second-order valence-electron chi connectivity index (χ2n) is 8.69. The van der Waals surface area contributed by atoms with E-state index in [-0.39, 0.29) is 29.8 Å². The number of fused-ring (bicyclic) bond motifs is 3. The number of rotatable bonds is 8. The minimum atomic E-state index is -1.21. The number of hydrogen-bond donors (Lipinski definition) is 3. The van der Waals surface area contributed by atoms with Gasteiger partial charge in [0.15, 0.2) is 5.82 Å². The Kier molecular flexibility index (Phi) is 6.86. The molecule has 4 rings (SSSR count). The van der Waals surface area contributed by atoms with Crippen molar-refractivity contribution in [2.75, 3.05) is 11.9 Å². The van der Waals surface area contributed by atoms with Gasteiger partial charge in [0.05, 0.1) is 0 Å². The smallest absolute Gasteiger partial charge is 0.407 e. The number of amides is 2. The molecule has 0 saturated carbocycles. The highest BCUT2D eigenvalue weighted by atomic mass is 16.5. The van der Waals surface area contributed by atoms with Crippen LogP contribution in [0.1, 0.15) is 47.7 Å². The van der Waals surface area contributed by atoms with Crippen LogP contribution in [0.2, 0.25) is 0 Å². The minimum absolute atomic E-state index is 0.0763. The van der Waals surface area contributed by atoms with Gasteiger partial charge < -0.3 is 20.5 Å². The average molecular weight is 477 g/mol. The van der Waals surface area contributed by atoms with Crippen LogP contribution in [0.15, 0.2) is 54.7 Å². The number of carbonyl (C=O) groups is 3. The van der Waals surface area contributed by atoms with Gasteiger partial charge in [0.25, 0.3) is 0 Å². The Labute approximate surface area is 203 Å². The van der Waals surface area contributed by atoms with Gasteiger partial charge in [-0.25, -0.2) is 9.59 Å². The highest BCUT2D eigenvalue weighted by molar-refractivity contribution is 6.01. The standard InChI is InChI=1S/C26H28N4O5/c1-4-15(2)22(24(31)28-23-20(25(32)33)13-30(3)29-23)27-26(34)35-14-21-18-11-7-5-9-16(18)17-10-6-8-12-19(17)21/h5-13,15,21-22H,4,14H2,1-3H3,(H,27,34)(H,32,33)(H,28,29,31). The number of carbonyl (C=O) groups excluding carboxylic acids is 2. The highest BCUT2D eigenvalue weighted by Crippen LogP contribution is 2.44. The maximum atomic E-state index is 13.0. The van der Waals surface area contributed by atoms with Gasteiger partial charge in [-0.15, -0.1) is 0 Å². The lowest BCUT2D eigenvalue weighted by Crippen LogP contribution is -2.48. The largest absolute Gasteiger partial charge is 0.477 e. The van der Waals surface area contributed by atoms with Crippen LogP contribution in [0.25, 0.3) is 11.1 Å². The number of ether oxygens (including phenoxy) is 1. The van der Waals surface area contributed by atoms with Crippen LogP contribution in [0.5, 0.6) is 0 Å². The minimum Gasteiger partial charge on any atom is -0.477 e. The summed E-state index contributed by atoms with van der Waals surface area (Å²) in [5, 5.41) is 18.6. The van der Waals surface area contributed by atoms with Gasteiger partial charge in [-0.05, 0) is 28.2 Å². The number of carboxylic acid groups (broad SMARTS) is 1. The average Bonchev–Trinajstić information content (AvgIpc) is 3.38. The molecule has 2 aromatic carbocycles. The summed E-state index contributed by atoms with van der Waals surface area (Å²) in [5.41, 5.74) is 4.30. The van der Waals surface area contributed by atoms with Crippen LogP contribution >= 0.6 is 0 Å². The molecule has 2 atom stereocenters. The molecule has 2 amide bonds. The molecule has 0 fully saturated rings. The van der Waals surface area contributed by atoms with E-state index in [0.29, 0.717) is 6.42 Å². The van der Waals surface area contributed by atoms with Crippen molar-refractivity contribution in [3.63, 3.8) is 0 Å². The molecular weight excluding hydrogens is 448 g/mol. The van der Waals surface area contributed by atoms with Gasteiger partial charge in [-0.1, -0.05) is 68.8 Å². The number of benzene rings is 2. The van der Waals surface area contributed by atoms with E-state index in [9.17, 15) is 19.5 Å². The Morgan fingerprint density at radius 2 is 1.69 bits per heavy atom. The maximum Gasteiger partial charge on any atom is 0.407 e. The molecule has 9 nitrogen and oxygen atoms in total. The molecule has 3 aromatic rings. The molecule has 1 heterocycles. The summed E-state index contributed by atoms with van der Waals surface area (Å²) < 4.78 is 6.89. The van der Waals surface area contributed by atoms with Gasteiger partial charge in [-0.3, -0.25) is 9.48 Å². The van der Waals surface area contributed by atoms with Gasteiger partial charge in [0, 0.05) is 19.2 Å². The predicted octanol–water partition coefficient (Wildman–Crippen LogP) is 4.01. The highest BCUT2D eigenvalue weighted by Gasteiger charge is 2.31. The van der Waals surface area contributed by atoms with Crippen LogP contribution in [-0.4, -0.2) is 45.5 Å². The van der Waals surface area contributed by atoms with E-state index >= 15 is 0 Å². The molecular formula is C26H28N4O5. The van der Waals surface area contributed by atoms with E-state index in [0.717, 1.165) is 22.3 Å². The molecule has 35 heavy (non-hydrogen) atoms. The van der Waals surface area contributed by atoms with Crippen molar-refractivity contribution in [1.82, 2.24) is 15.1 Å². The topological polar surface area (TPSA) is 123 Å². The van der Waals surface area contributed by atoms with Crippen LogP contribution < -0.4 is 10.6 Å². The number of aromatic nitrogens is 2. The van der Waals surface area contributed by atoms with E-state index in [1.54, 1.807) is 7.05 Å². The van der Waals surface area contributed by atoms with E-state index in [1.165, 1.54) is 10.9 Å². The molecule has 1 aliphatic carbocycles. The van der Waals surface area contributed by atoms with Crippen LogP contribution in [-0.2, 0) is 16.6 Å². The summed E-state index contributed by atoms with van der Waals surface area (Å²) >= 11 is 0. The molecule has 0 saturated heterocycles. The zero-order valence-corrected chi connectivity index (χ0v) is 19.8. The number of aromatic carboxylic acids is 1. The van der Waals surface area contributed by atoms with E-state index in [1.807, 2.05) is 50.2 Å². The number of aryl methyl sites for hydroxylation is 1. The van der Waals surface area contributed by atoms with E-state index in [4.69, 9.17) is 4.74 Å². The third-order valence-corrected chi connectivity index (χ3v) is 6.41. The summed E-state index contributed by atoms with van der Waals surface area (Å²) in [5.74, 6) is -2.18. The maximum absolute atomic E-state index is 13.0. The second kappa shape index (κ2) is 10.0. The Morgan fingerprint density at radius 1 is 1.09 bits per heavy atom. The molecule has 0 bridgehead atoms. The molecule has 3 N–H and O–H groups in total. The SMILES string of the molecule is CCC(C)C(NC(=O)OCC1c2ccccc2-c2ccccc21)C(=O)Nc1nn(C)cc1C(=O)O. The molecule has 0 spiro atoms. The number of carboxylic acids is 1. The first kappa shape index (κ1) is 24.0. The van der Waals surface area contributed by atoms with Gasteiger partial charge in [0.1, 0.15) is 18.2 Å². The first-order chi connectivity index (χ1) is 16.8. The summed E-state index contributed by atoms with van der Waals surface area (Å²) in [6.07, 6.45) is 1.19. The Hall–Kier alpha value is -4.14.